The molecule has 0 bridgehead atoms. The summed E-state index contributed by atoms with van der Waals surface area (Å²) in [5.41, 5.74) is -5.97. The topological polar surface area (TPSA) is 72.5 Å². The van der Waals surface area contributed by atoms with Crippen molar-refractivity contribution in [2.45, 2.75) is 36.8 Å². The van der Waals surface area contributed by atoms with E-state index in [-0.39, 0.29) is 9.26 Å². The molecule has 0 aromatic heterocycles. The SMILES string of the molecule is CC(C)(C)OC(=O)Nc1ccc(S(=O)(=O)C(F)(F)F)cc1I. The van der Waals surface area contributed by atoms with Crippen LogP contribution in [0.15, 0.2) is 23.1 Å². The van der Waals surface area contributed by atoms with Gasteiger partial charge >= 0.3 is 11.6 Å². The number of anilines is 1. The summed E-state index contributed by atoms with van der Waals surface area (Å²) in [5, 5.41) is 2.34. The molecule has 0 saturated carbocycles. The maximum atomic E-state index is 12.5. The third-order valence-corrected chi connectivity index (χ3v) is 4.57. The summed E-state index contributed by atoms with van der Waals surface area (Å²) in [6.45, 7) is 4.95. The first kappa shape index (κ1) is 19.0. The molecule has 0 aliphatic rings. The van der Waals surface area contributed by atoms with Crippen LogP contribution < -0.4 is 5.32 Å². The molecule has 10 heteroatoms. The van der Waals surface area contributed by atoms with Crippen molar-refractivity contribution in [1.29, 1.82) is 0 Å². The molecular weight excluding hydrogens is 438 g/mol. The largest absolute Gasteiger partial charge is 0.501 e. The number of hydrogen-bond acceptors (Lipinski definition) is 4. The van der Waals surface area contributed by atoms with Crippen LogP contribution in [0.3, 0.4) is 0 Å². The van der Waals surface area contributed by atoms with Crippen molar-refractivity contribution in [3.63, 3.8) is 0 Å². The zero-order valence-corrected chi connectivity index (χ0v) is 14.8. The van der Waals surface area contributed by atoms with Crippen molar-refractivity contribution in [1.82, 2.24) is 0 Å². The molecule has 22 heavy (non-hydrogen) atoms. The minimum absolute atomic E-state index is 0.133. The summed E-state index contributed by atoms with van der Waals surface area (Å²) in [7, 11) is -5.42. The van der Waals surface area contributed by atoms with E-state index in [2.05, 4.69) is 5.32 Å². The number of amides is 1. The number of halogens is 4. The second-order valence-corrected chi connectivity index (χ2v) is 8.32. The summed E-state index contributed by atoms with van der Waals surface area (Å²) in [6, 6.07) is 2.68. The maximum absolute atomic E-state index is 12.5. The predicted octanol–water partition coefficient (Wildman–Crippen LogP) is 3.93. The van der Waals surface area contributed by atoms with Gasteiger partial charge in [0.05, 0.1) is 10.6 Å². The molecule has 1 aromatic carbocycles. The molecule has 0 unspecified atom stereocenters. The fourth-order valence-electron chi connectivity index (χ4n) is 1.31. The van der Waals surface area contributed by atoms with Crippen molar-refractivity contribution in [3.05, 3.63) is 21.8 Å². The highest BCUT2D eigenvalue weighted by atomic mass is 127. The normalized spacial score (nSPS) is 12.9. The molecule has 1 amide bonds. The second-order valence-electron chi connectivity index (χ2n) is 5.22. The molecule has 0 atom stereocenters. The average molecular weight is 451 g/mol. The zero-order valence-electron chi connectivity index (χ0n) is 11.8. The number of benzene rings is 1. The third kappa shape index (κ3) is 4.73. The number of nitrogens with one attached hydrogen (secondary N) is 1. The van der Waals surface area contributed by atoms with E-state index < -0.39 is 31.9 Å². The zero-order chi connectivity index (χ0) is 17.3. The van der Waals surface area contributed by atoms with Gasteiger partial charge in [0.25, 0.3) is 9.84 Å². The highest BCUT2D eigenvalue weighted by Crippen LogP contribution is 2.32. The molecule has 1 aromatic rings. The molecule has 0 aliphatic heterocycles. The lowest BCUT2D eigenvalue weighted by atomic mass is 10.2. The molecule has 0 spiro atoms. The monoisotopic (exact) mass is 451 g/mol. The molecule has 0 aliphatic carbocycles. The molecule has 1 rings (SSSR count). The lowest BCUT2D eigenvalue weighted by molar-refractivity contribution is -0.0436. The van der Waals surface area contributed by atoms with E-state index in [1.807, 2.05) is 0 Å². The Morgan fingerprint density at radius 2 is 1.77 bits per heavy atom. The summed E-state index contributed by atoms with van der Waals surface area (Å²) in [6.07, 6.45) is -0.795. The van der Waals surface area contributed by atoms with E-state index >= 15 is 0 Å². The van der Waals surface area contributed by atoms with Gasteiger partial charge in [-0.3, -0.25) is 5.32 Å². The van der Waals surface area contributed by atoms with Crippen LogP contribution in [-0.4, -0.2) is 25.6 Å². The Hall–Kier alpha value is -1.04. The standard InChI is InChI=1S/C12H13F3INO4S/c1-11(2,3)21-10(18)17-9-5-4-7(6-8(9)16)22(19,20)12(13,14)15/h4-6H,1-3H3,(H,17,18). The van der Waals surface area contributed by atoms with Gasteiger partial charge < -0.3 is 4.74 Å². The summed E-state index contributed by atoms with van der Waals surface area (Å²) in [4.78, 5) is 10.7. The fourth-order valence-corrected chi connectivity index (χ4v) is 2.96. The van der Waals surface area contributed by atoms with Crippen LogP contribution >= 0.6 is 22.6 Å². The first-order chi connectivity index (χ1) is 9.74. The van der Waals surface area contributed by atoms with E-state index in [0.717, 1.165) is 18.2 Å². The van der Waals surface area contributed by atoms with Crippen molar-refractivity contribution in [2.75, 3.05) is 5.32 Å². The number of sulfone groups is 1. The Morgan fingerprint density at radius 3 is 2.18 bits per heavy atom. The minimum atomic E-state index is -5.42. The van der Waals surface area contributed by atoms with Gasteiger partial charge in [-0.1, -0.05) is 0 Å². The number of rotatable bonds is 2. The second kappa shape index (κ2) is 6.22. The van der Waals surface area contributed by atoms with Crippen molar-refractivity contribution < 1.29 is 31.1 Å². The third-order valence-electron chi connectivity index (χ3n) is 2.19. The Kier molecular flexibility index (Phi) is 5.38. The molecule has 5 nitrogen and oxygen atoms in total. The molecule has 0 fully saturated rings. The Labute approximate surface area is 139 Å². The predicted molar refractivity (Wildman–Crippen MR) is 82.3 cm³/mol. The van der Waals surface area contributed by atoms with Crippen LogP contribution in [0.4, 0.5) is 23.7 Å². The molecule has 124 valence electrons. The Morgan fingerprint density at radius 1 is 1.23 bits per heavy atom. The highest BCUT2D eigenvalue weighted by molar-refractivity contribution is 14.1. The van der Waals surface area contributed by atoms with Crippen LogP contribution in [0, 0.1) is 3.57 Å². The summed E-state index contributed by atoms with van der Waals surface area (Å²) < 4.78 is 65.1. The first-order valence-electron chi connectivity index (χ1n) is 5.85. The van der Waals surface area contributed by atoms with Gasteiger partial charge in [0.1, 0.15) is 5.60 Å². The number of ether oxygens (including phenoxy) is 1. The molecular formula is C12H13F3INO4S. The van der Waals surface area contributed by atoms with E-state index in [9.17, 15) is 26.4 Å². The smallest absolute Gasteiger partial charge is 0.444 e. The molecule has 0 saturated heterocycles. The Bertz CT molecular complexity index is 681. The van der Waals surface area contributed by atoms with Crippen LogP contribution in [-0.2, 0) is 14.6 Å². The highest BCUT2D eigenvalue weighted by Gasteiger charge is 2.47. The van der Waals surface area contributed by atoms with Gasteiger partial charge in [0, 0.05) is 3.57 Å². The Balaban J connectivity index is 3.04. The lowest BCUT2D eigenvalue weighted by Gasteiger charge is -2.20. The van der Waals surface area contributed by atoms with Gasteiger partial charge in [-0.25, -0.2) is 13.2 Å². The number of carbonyl (C=O) groups is 1. The average Bonchev–Trinajstić information content (AvgIpc) is 2.27. The van der Waals surface area contributed by atoms with Crippen LogP contribution in [0.2, 0.25) is 0 Å². The van der Waals surface area contributed by atoms with Crippen molar-refractivity contribution >= 4 is 44.2 Å². The van der Waals surface area contributed by atoms with Crippen LogP contribution in [0.5, 0.6) is 0 Å². The van der Waals surface area contributed by atoms with E-state index in [4.69, 9.17) is 4.74 Å². The van der Waals surface area contributed by atoms with E-state index in [0.29, 0.717) is 0 Å². The first-order valence-corrected chi connectivity index (χ1v) is 8.41. The van der Waals surface area contributed by atoms with Gasteiger partial charge in [0.2, 0.25) is 0 Å². The fraction of sp³-hybridized carbons (Fsp3) is 0.417. The number of carbonyl (C=O) groups excluding carboxylic acids is 1. The van der Waals surface area contributed by atoms with Gasteiger partial charge in [-0.05, 0) is 61.6 Å². The summed E-state index contributed by atoms with van der Waals surface area (Å²) in [5.74, 6) is 0. The van der Waals surface area contributed by atoms with E-state index in [1.165, 1.54) is 0 Å². The van der Waals surface area contributed by atoms with Gasteiger partial charge in [-0.2, -0.15) is 13.2 Å². The lowest BCUT2D eigenvalue weighted by Crippen LogP contribution is -2.27. The minimum Gasteiger partial charge on any atom is -0.444 e. The van der Waals surface area contributed by atoms with Crippen LogP contribution in [0.1, 0.15) is 20.8 Å². The maximum Gasteiger partial charge on any atom is 0.501 e. The van der Waals surface area contributed by atoms with Crippen LogP contribution in [0.25, 0.3) is 0 Å². The van der Waals surface area contributed by atoms with Gasteiger partial charge in [-0.15, -0.1) is 0 Å². The van der Waals surface area contributed by atoms with Crippen molar-refractivity contribution in [3.8, 4) is 0 Å². The summed E-state index contributed by atoms with van der Waals surface area (Å²) >= 11 is 1.62. The quantitative estimate of drug-likeness (QED) is 0.692. The van der Waals surface area contributed by atoms with Gasteiger partial charge in [0.15, 0.2) is 0 Å². The number of hydrogen-bond donors (Lipinski definition) is 1. The molecule has 0 heterocycles. The van der Waals surface area contributed by atoms with Crippen molar-refractivity contribution in [2.24, 2.45) is 0 Å². The number of alkyl halides is 3. The van der Waals surface area contributed by atoms with E-state index in [1.54, 1.807) is 43.4 Å². The molecule has 1 N–H and O–H groups in total. The molecule has 0 radical (unpaired) electrons.